The number of rotatable bonds is 22. The minimum atomic E-state index is -4.00. The molecule has 1 aliphatic heterocycles. The quantitative estimate of drug-likeness (QED) is 0.0732. The molecule has 1 amide bonds. The highest BCUT2D eigenvalue weighted by molar-refractivity contribution is 7.51. The standard InChI is InChI=1S/C32H48F2N5O7P/c1-3-4-5-6-7-8-9-10-11-12-13-14-15-16-17-18-19-20-28(40)36-22-23-37-47(43,44-2)45-25-26-29(41)32(33,34)30(46-26)39-24-21-27(35)38-31(39)42/h4-5,7-8,10-11,13-14,16-17,21,24,26,29-30,41H,3,6,9,12,15,18-20,22-23,25H2,1-2H3,(H,36,40)(H,37,43)(H2,35,38,42)/b5-4-,8-7-,11-10-,14-13-,17-16-/t26-,29-,30-,47?/m1/s1. The minimum absolute atomic E-state index is 0.00894. The SMILES string of the molecule is CC/C=C\C/C=C\C/C=C\C/C=C\C/C=C\CCCC(=O)NCCNP(=O)(OC)OC[C@H]1O[C@@H](n2ccc(N)nc2=O)C(F)(F)[C@@H]1O. The van der Waals surface area contributed by atoms with E-state index >= 15 is 0 Å². The van der Waals surface area contributed by atoms with Crippen molar-refractivity contribution in [2.45, 2.75) is 82.6 Å². The van der Waals surface area contributed by atoms with Crippen LogP contribution in [0.3, 0.4) is 0 Å². The average Bonchev–Trinajstić information content (AvgIpc) is 3.27. The molecule has 4 atom stereocenters. The van der Waals surface area contributed by atoms with Crippen LogP contribution in [0.25, 0.3) is 0 Å². The zero-order valence-corrected chi connectivity index (χ0v) is 27.9. The van der Waals surface area contributed by atoms with Crippen molar-refractivity contribution in [1.82, 2.24) is 20.0 Å². The highest BCUT2D eigenvalue weighted by Gasteiger charge is 2.60. The number of halogens is 2. The van der Waals surface area contributed by atoms with Gasteiger partial charge in [-0.25, -0.2) is 14.4 Å². The Labute approximate surface area is 275 Å². The second-order valence-electron chi connectivity index (χ2n) is 10.5. The van der Waals surface area contributed by atoms with Crippen molar-refractivity contribution in [2.24, 2.45) is 0 Å². The number of alkyl halides is 2. The van der Waals surface area contributed by atoms with Gasteiger partial charge in [0.15, 0.2) is 6.10 Å². The zero-order valence-electron chi connectivity index (χ0n) is 27.0. The van der Waals surface area contributed by atoms with E-state index in [0.29, 0.717) is 17.4 Å². The molecule has 0 aliphatic carbocycles. The van der Waals surface area contributed by atoms with E-state index in [0.717, 1.165) is 57.9 Å². The maximum atomic E-state index is 14.7. The summed E-state index contributed by atoms with van der Waals surface area (Å²) < 4.78 is 58.0. The fourth-order valence-electron chi connectivity index (χ4n) is 4.28. The molecule has 12 nitrogen and oxygen atoms in total. The summed E-state index contributed by atoms with van der Waals surface area (Å²) in [5.41, 5.74) is 4.30. The summed E-state index contributed by atoms with van der Waals surface area (Å²) in [5.74, 6) is -4.24. The van der Waals surface area contributed by atoms with Crippen LogP contribution in [0.5, 0.6) is 0 Å². The third-order valence-corrected chi connectivity index (χ3v) is 8.40. The Morgan fingerprint density at radius 1 is 1.09 bits per heavy atom. The van der Waals surface area contributed by atoms with E-state index in [4.69, 9.17) is 19.5 Å². The topological polar surface area (TPSA) is 167 Å². The summed E-state index contributed by atoms with van der Waals surface area (Å²) in [7, 11) is -2.92. The third-order valence-electron chi connectivity index (χ3n) is 6.82. The first-order valence-electron chi connectivity index (χ1n) is 15.7. The van der Waals surface area contributed by atoms with Gasteiger partial charge in [-0.2, -0.15) is 13.8 Å². The lowest BCUT2D eigenvalue weighted by Gasteiger charge is -2.21. The van der Waals surface area contributed by atoms with Crippen molar-refractivity contribution in [3.8, 4) is 0 Å². The highest BCUT2D eigenvalue weighted by atomic mass is 31.2. The van der Waals surface area contributed by atoms with Gasteiger partial charge in [0.1, 0.15) is 11.9 Å². The second kappa shape index (κ2) is 21.6. The number of nitrogens with one attached hydrogen (secondary N) is 2. The van der Waals surface area contributed by atoms with Gasteiger partial charge in [-0.3, -0.25) is 13.9 Å². The maximum absolute atomic E-state index is 14.7. The smallest absolute Gasteiger partial charge is 0.384 e. The molecule has 0 spiro atoms. The van der Waals surface area contributed by atoms with E-state index < -0.39 is 44.4 Å². The molecule has 0 saturated carbocycles. The summed E-state index contributed by atoms with van der Waals surface area (Å²) in [4.78, 5) is 27.5. The number of carbonyl (C=O) groups is 1. The average molecular weight is 684 g/mol. The lowest BCUT2D eigenvalue weighted by atomic mass is 10.1. The van der Waals surface area contributed by atoms with Crippen LogP contribution < -0.4 is 21.8 Å². The van der Waals surface area contributed by atoms with Crippen LogP contribution in [-0.4, -0.2) is 65.5 Å². The Bertz CT molecular complexity index is 1350. The molecular weight excluding hydrogens is 635 g/mol. The fourth-order valence-corrected chi connectivity index (χ4v) is 5.33. The monoisotopic (exact) mass is 683 g/mol. The highest BCUT2D eigenvalue weighted by Crippen LogP contribution is 2.46. The van der Waals surface area contributed by atoms with Crippen LogP contribution in [0.2, 0.25) is 0 Å². The number of ether oxygens (including phenoxy) is 1. The van der Waals surface area contributed by atoms with Gasteiger partial charge in [0, 0.05) is 32.8 Å². The molecule has 47 heavy (non-hydrogen) atoms. The molecule has 1 aromatic heterocycles. The van der Waals surface area contributed by atoms with Crippen molar-refractivity contribution in [3.05, 3.63) is 83.5 Å². The Hall–Kier alpha value is -3.26. The lowest BCUT2D eigenvalue weighted by Crippen LogP contribution is -2.42. The van der Waals surface area contributed by atoms with E-state index in [-0.39, 0.29) is 24.8 Å². The third kappa shape index (κ3) is 14.6. The normalized spacial score (nSPS) is 21.2. The molecular formula is C32H48F2N5O7P. The number of anilines is 1. The molecule has 1 aliphatic rings. The first kappa shape index (κ1) is 39.9. The van der Waals surface area contributed by atoms with Gasteiger partial charge < -0.3 is 25.4 Å². The zero-order chi connectivity index (χ0) is 34.5. The summed E-state index contributed by atoms with van der Waals surface area (Å²) in [6.45, 7) is 1.47. The van der Waals surface area contributed by atoms with Gasteiger partial charge in [0.25, 0.3) is 0 Å². The number of aliphatic hydroxyl groups is 1. The number of nitrogens with zero attached hydrogens (tertiary/aromatic N) is 2. The van der Waals surface area contributed by atoms with Crippen LogP contribution in [0.4, 0.5) is 14.6 Å². The van der Waals surface area contributed by atoms with Gasteiger partial charge >= 0.3 is 19.4 Å². The number of nitrogens with two attached hydrogens (primary N) is 1. The molecule has 1 saturated heterocycles. The van der Waals surface area contributed by atoms with Gasteiger partial charge in [-0.1, -0.05) is 67.7 Å². The molecule has 2 heterocycles. The number of nitrogen functional groups attached to an aromatic ring is 1. The molecule has 0 bridgehead atoms. The summed E-state index contributed by atoms with van der Waals surface area (Å²) in [6.07, 6.45) is 22.5. The number of unbranched alkanes of at least 4 members (excludes halogenated alkanes) is 1. The summed E-state index contributed by atoms with van der Waals surface area (Å²) in [6, 6.07) is 1.13. The van der Waals surface area contributed by atoms with Crippen LogP contribution in [-0.2, 0) is 23.1 Å². The van der Waals surface area contributed by atoms with Gasteiger partial charge in [-0.05, 0) is 51.0 Å². The van der Waals surface area contributed by atoms with Crippen molar-refractivity contribution >= 4 is 19.5 Å². The van der Waals surface area contributed by atoms with Gasteiger partial charge in [0.2, 0.25) is 12.1 Å². The summed E-state index contributed by atoms with van der Waals surface area (Å²) in [5, 5.41) is 15.3. The Morgan fingerprint density at radius 2 is 1.68 bits per heavy atom. The molecule has 1 fully saturated rings. The first-order chi connectivity index (χ1) is 22.5. The van der Waals surface area contributed by atoms with Crippen LogP contribution >= 0.6 is 7.75 Å². The van der Waals surface area contributed by atoms with E-state index in [9.17, 15) is 28.0 Å². The van der Waals surface area contributed by atoms with Crippen LogP contribution in [0, 0.1) is 0 Å². The Balaban J connectivity index is 1.60. The number of hydrogen-bond donors (Lipinski definition) is 4. The second-order valence-corrected chi connectivity index (χ2v) is 12.5. The van der Waals surface area contributed by atoms with Crippen LogP contribution in [0.1, 0.15) is 64.5 Å². The van der Waals surface area contributed by atoms with Crippen molar-refractivity contribution in [1.29, 1.82) is 0 Å². The predicted molar refractivity (Wildman–Crippen MR) is 178 cm³/mol. The lowest BCUT2D eigenvalue weighted by molar-refractivity contribution is -0.140. The maximum Gasteiger partial charge on any atom is 0.405 e. The molecule has 5 N–H and O–H groups in total. The number of aliphatic hydroxyl groups excluding tert-OH is 1. The number of amides is 1. The molecule has 0 radical (unpaired) electrons. The molecule has 262 valence electrons. The molecule has 1 unspecified atom stereocenters. The Kier molecular flexibility index (Phi) is 18.3. The number of carbonyl (C=O) groups excluding carboxylic acids is 1. The van der Waals surface area contributed by atoms with Gasteiger partial charge in [0.05, 0.1) is 6.61 Å². The van der Waals surface area contributed by atoms with E-state index in [2.05, 4.69) is 77.0 Å². The van der Waals surface area contributed by atoms with Crippen molar-refractivity contribution < 1.29 is 37.0 Å². The largest absolute Gasteiger partial charge is 0.405 e. The fraction of sp³-hybridized carbons (Fsp3) is 0.531. The van der Waals surface area contributed by atoms with E-state index in [1.54, 1.807) is 0 Å². The summed E-state index contributed by atoms with van der Waals surface area (Å²) >= 11 is 0. The Morgan fingerprint density at radius 3 is 2.26 bits per heavy atom. The van der Waals surface area contributed by atoms with Crippen molar-refractivity contribution in [2.75, 3.05) is 32.5 Å². The molecule has 1 aromatic rings. The molecule has 0 aromatic carbocycles. The van der Waals surface area contributed by atoms with Gasteiger partial charge in [-0.15, -0.1) is 0 Å². The number of allylic oxidation sites excluding steroid dienone is 10. The van der Waals surface area contributed by atoms with E-state index in [1.165, 1.54) is 0 Å². The van der Waals surface area contributed by atoms with Crippen molar-refractivity contribution in [3.63, 3.8) is 0 Å². The van der Waals surface area contributed by atoms with Crippen LogP contribution in [0.15, 0.2) is 77.8 Å². The predicted octanol–water partition coefficient (Wildman–Crippen LogP) is 5.12. The molecule has 15 heteroatoms. The van der Waals surface area contributed by atoms with E-state index in [1.807, 2.05) is 6.08 Å². The number of aromatic nitrogens is 2. The number of hydrogen-bond acceptors (Lipinski definition) is 9. The minimum Gasteiger partial charge on any atom is -0.384 e. The first-order valence-corrected chi connectivity index (χ1v) is 17.2. The molecule has 2 rings (SSSR count).